The van der Waals surface area contributed by atoms with E-state index < -0.39 is 0 Å². The minimum Gasteiger partial charge on any atom is -0.318 e. The second-order valence-electron chi connectivity index (χ2n) is 11.6. The molecule has 0 saturated heterocycles. The zero-order valence-electron chi connectivity index (χ0n) is 25.0. The van der Waals surface area contributed by atoms with Gasteiger partial charge in [0.2, 0.25) is 0 Å². The fraction of sp³-hybridized carbons (Fsp3) is 0.588. The van der Waals surface area contributed by atoms with Gasteiger partial charge in [-0.3, -0.25) is 0 Å². The first-order chi connectivity index (χ1) is 20.3. The van der Waals surface area contributed by atoms with Crippen LogP contribution in [0.2, 0.25) is 0 Å². The number of thiophene rings is 4. The summed E-state index contributed by atoms with van der Waals surface area (Å²) in [6.07, 6.45) is 24.7. The van der Waals surface area contributed by atoms with Crippen LogP contribution in [-0.4, -0.2) is 0 Å². The lowest BCUT2D eigenvalue weighted by Crippen LogP contribution is -1.84. The molecule has 4 aromatic heterocycles. The Labute approximate surface area is 272 Å². The van der Waals surface area contributed by atoms with Crippen LogP contribution in [0.25, 0.3) is 29.6 Å². The maximum atomic E-state index is 3.64. The molecule has 0 radical (unpaired) electrons. The van der Waals surface area contributed by atoms with E-state index in [-0.39, 0.29) is 0 Å². The van der Waals surface area contributed by atoms with E-state index in [1.54, 1.807) is 11.0 Å². The van der Waals surface area contributed by atoms with Gasteiger partial charge in [-0.15, -0.1) is 45.3 Å². The number of unbranched alkanes of at least 4 members (excludes halogenated alkanes) is 14. The van der Waals surface area contributed by atoms with Gasteiger partial charge in [-0.1, -0.05) is 104 Å². The Balaban J connectivity index is 1.21. The molecule has 4 aromatic rings. The fourth-order valence-corrected chi connectivity index (χ4v) is 13.0. The summed E-state index contributed by atoms with van der Waals surface area (Å²) in [5.74, 6) is 0. The number of anilines is 1. The largest absolute Gasteiger partial charge is 0.318 e. The molecule has 0 atom stereocenters. The molecule has 1 aliphatic rings. The van der Waals surface area contributed by atoms with Crippen LogP contribution in [-0.2, 0) is 12.8 Å². The van der Waals surface area contributed by atoms with Gasteiger partial charge in [-0.25, -0.2) is 0 Å². The average molecular weight is 662 g/mol. The van der Waals surface area contributed by atoms with E-state index in [1.165, 1.54) is 166 Å². The summed E-state index contributed by atoms with van der Waals surface area (Å²) in [5.41, 5.74) is 4.44. The highest BCUT2D eigenvalue weighted by atomic mass is 33.1. The zero-order chi connectivity index (χ0) is 28.3. The van der Waals surface area contributed by atoms with Crippen LogP contribution in [0.5, 0.6) is 0 Å². The number of rotatable bonds is 20. The van der Waals surface area contributed by atoms with Crippen molar-refractivity contribution in [1.82, 2.24) is 0 Å². The van der Waals surface area contributed by atoms with Crippen molar-refractivity contribution in [1.29, 1.82) is 0 Å². The maximum absolute atomic E-state index is 3.64. The molecule has 41 heavy (non-hydrogen) atoms. The van der Waals surface area contributed by atoms with Gasteiger partial charge >= 0.3 is 0 Å². The Morgan fingerprint density at radius 3 is 1.66 bits per heavy atom. The molecule has 224 valence electrons. The fourth-order valence-electron chi connectivity index (χ4n) is 5.75. The second-order valence-corrected chi connectivity index (χ2v) is 17.7. The molecule has 7 heteroatoms. The monoisotopic (exact) mass is 661 g/mol. The van der Waals surface area contributed by atoms with Crippen molar-refractivity contribution >= 4 is 82.9 Å². The molecule has 0 aliphatic carbocycles. The van der Waals surface area contributed by atoms with Gasteiger partial charge in [-0.2, -0.15) is 0 Å². The Kier molecular flexibility index (Phi) is 13.4. The highest BCUT2D eigenvalue weighted by Gasteiger charge is 2.27. The third-order valence-corrected chi connectivity index (χ3v) is 15.3. The van der Waals surface area contributed by atoms with Gasteiger partial charge in [0.1, 0.15) is 0 Å². The van der Waals surface area contributed by atoms with E-state index in [9.17, 15) is 0 Å². The number of hydrogen-bond acceptors (Lipinski definition) is 7. The van der Waals surface area contributed by atoms with Gasteiger partial charge in [-0.05, 0) is 70.5 Å². The molecular weight excluding hydrogens is 615 g/mol. The minimum absolute atomic E-state index is 1.23. The first-order valence-electron chi connectivity index (χ1n) is 16.1. The molecular formula is C34H47NS6. The molecule has 0 spiro atoms. The summed E-state index contributed by atoms with van der Waals surface area (Å²) in [7, 11) is 3.67. The van der Waals surface area contributed by atoms with Crippen molar-refractivity contribution in [3.8, 4) is 19.5 Å². The van der Waals surface area contributed by atoms with Gasteiger partial charge in [0.15, 0.2) is 0 Å². The first kappa shape index (κ1) is 32.0. The molecule has 0 unspecified atom stereocenters. The lowest BCUT2D eigenvalue weighted by atomic mass is 10.1. The smallest absolute Gasteiger partial charge is 0.0977 e. The maximum Gasteiger partial charge on any atom is 0.0977 e. The number of hydrogen-bond donors (Lipinski definition) is 1. The SMILES string of the molecule is CCCCCCCCCCc1csc(-c2sc(-c3cc(CCCCCCCCCC)cs3)c3c4c(sc23)SSN4)c1. The second kappa shape index (κ2) is 17.2. The lowest BCUT2D eigenvalue weighted by molar-refractivity contribution is 0.576. The predicted molar refractivity (Wildman–Crippen MR) is 196 cm³/mol. The molecule has 0 aromatic carbocycles. The van der Waals surface area contributed by atoms with Crippen LogP contribution in [0.4, 0.5) is 5.69 Å². The van der Waals surface area contributed by atoms with Gasteiger partial charge in [0, 0.05) is 26.1 Å². The van der Waals surface area contributed by atoms with Crippen molar-refractivity contribution < 1.29 is 0 Å². The quantitative estimate of drug-likeness (QED) is 0.0575. The summed E-state index contributed by atoms with van der Waals surface area (Å²) in [6.45, 7) is 4.60. The van der Waals surface area contributed by atoms with E-state index in [2.05, 4.69) is 41.5 Å². The highest BCUT2D eigenvalue weighted by molar-refractivity contribution is 8.78. The van der Waals surface area contributed by atoms with E-state index >= 15 is 0 Å². The Bertz CT molecular complexity index is 1320. The van der Waals surface area contributed by atoms with Gasteiger partial charge in [0.25, 0.3) is 0 Å². The van der Waals surface area contributed by atoms with Crippen molar-refractivity contribution in [2.45, 2.75) is 134 Å². The normalized spacial score (nSPS) is 12.9. The first-order valence-corrected chi connectivity index (χ1v) is 21.7. The molecule has 1 nitrogen and oxygen atoms in total. The molecule has 1 N–H and O–H groups in total. The molecule has 5 heterocycles. The molecule has 0 saturated carbocycles. The van der Waals surface area contributed by atoms with Gasteiger partial charge in [0.05, 0.1) is 24.4 Å². The average Bonchev–Trinajstić information content (AvgIpc) is 3.80. The Morgan fingerprint density at radius 2 is 1.10 bits per heavy atom. The molecule has 0 amide bonds. The van der Waals surface area contributed by atoms with Crippen LogP contribution >= 0.6 is 67.1 Å². The Hall–Kier alpha value is -0.440. The number of fused-ring (bicyclic) bond motifs is 3. The van der Waals surface area contributed by atoms with Crippen LogP contribution in [0, 0.1) is 0 Å². The number of aryl methyl sites for hydroxylation is 2. The van der Waals surface area contributed by atoms with Crippen molar-refractivity contribution in [2.24, 2.45) is 0 Å². The Morgan fingerprint density at radius 1 is 0.585 bits per heavy atom. The summed E-state index contributed by atoms with van der Waals surface area (Å²) in [4.78, 5) is 5.90. The standard InChI is InChI=1S/C34H47NS6/c1-3-5-7-9-11-13-15-17-19-25-21-27(36-23-25)31-29-30-34(40-41-35-30)39-33(29)32(38-31)28-22-26(24-37-28)20-18-16-14-12-10-8-6-4-2/h21-24,35H,3-20H2,1-2H3. The van der Waals surface area contributed by atoms with E-state index in [0.29, 0.717) is 0 Å². The third-order valence-electron chi connectivity index (χ3n) is 8.17. The van der Waals surface area contributed by atoms with Crippen molar-refractivity contribution in [3.63, 3.8) is 0 Å². The zero-order valence-corrected chi connectivity index (χ0v) is 29.9. The van der Waals surface area contributed by atoms with Crippen molar-refractivity contribution in [3.05, 3.63) is 34.0 Å². The number of nitrogens with one attached hydrogen (secondary N) is 1. The molecule has 0 bridgehead atoms. The topological polar surface area (TPSA) is 12.0 Å². The van der Waals surface area contributed by atoms with Gasteiger partial charge < -0.3 is 4.72 Å². The minimum atomic E-state index is 1.23. The lowest BCUT2D eigenvalue weighted by Gasteiger charge is -2.01. The summed E-state index contributed by atoms with van der Waals surface area (Å²) in [6, 6.07) is 5.01. The van der Waals surface area contributed by atoms with Crippen LogP contribution in [0.3, 0.4) is 0 Å². The molecule has 0 fully saturated rings. The van der Waals surface area contributed by atoms with Crippen LogP contribution in [0.15, 0.2) is 27.1 Å². The van der Waals surface area contributed by atoms with E-state index in [1.807, 2.05) is 56.1 Å². The third kappa shape index (κ3) is 8.82. The van der Waals surface area contributed by atoms with Crippen LogP contribution in [0.1, 0.15) is 128 Å². The highest BCUT2D eigenvalue weighted by Crippen LogP contribution is 2.60. The molecule has 5 rings (SSSR count). The van der Waals surface area contributed by atoms with Crippen molar-refractivity contribution in [2.75, 3.05) is 4.72 Å². The summed E-state index contributed by atoms with van der Waals surface area (Å²) < 4.78 is 6.58. The van der Waals surface area contributed by atoms with Crippen LogP contribution < -0.4 is 4.72 Å². The van der Waals surface area contributed by atoms with E-state index in [4.69, 9.17) is 0 Å². The van der Waals surface area contributed by atoms with E-state index in [0.717, 1.165) is 0 Å². The predicted octanol–water partition coefficient (Wildman–Crippen LogP) is 14.9. The summed E-state index contributed by atoms with van der Waals surface area (Å²) >= 11 is 7.95. The molecule has 1 aliphatic heterocycles. The summed E-state index contributed by atoms with van der Waals surface area (Å²) in [5, 5.41) is 6.33.